The van der Waals surface area contributed by atoms with Crippen LogP contribution in [0.3, 0.4) is 0 Å². The lowest BCUT2D eigenvalue weighted by molar-refractivity contribution is 0.0679. The molecule has 0 aromatic carbocycles. The van der Waals surface area contributed by atoms with Crippen LogP contribution in [0.2, 0.25) is 0 Å². The van der Waals surface area contributed by atoms with Crippen LogP contribution in [0.1, 0.15) is 26.5 Å². The van der Waals surface area contributed by atoms with Gasteiger partial charge in [-0.05, 0) is 15.9 Å². The van der Waals surface area contributed by atoms with Gasteiger partial charge in [0.1, 0.15) is 5.56 Å². The standard InChI is InChI=1S/C12H14BrN5O3/c1-16(6-9-8(13)4-14-18(9)3)11(19)10-7(12(20)21)5-17(2)15-10/h4-5H,6H2,1-3H3,(H,20,21). The number of carboxylic acid groups (broad SMARTS) is 1. The van der Waals surface area contributed by atoms with Crippen molar-refractivity contribution in [3.63, 3.8) is 0 Å². The minimum absolute atomic E-state index is 0.0780. The quantitative estimate of drug-likeness (QED) is 0.878. The lowest BCUT2D eigenvalue weighted by Crippen LogP contribution is -2.29. The molecule has 21 heavy (non-hydrogen) atoms. The van der Waals surface area contributed by atoms with Gasteiger partial charge in [-0.3, -0.25) is 14.2 Å². The lowest BCUT2D eigenvalue weighted by atomic mass is 10.2. The zero-order valence-electron chi connectivity index (χ0n) is 11.7. The van der Waals surface area contributed by atoms with E-state index in [0.29, 0.717) is 0 Å². The van der Waals surface area contributed by atoms with Crippen LogP contribution in [-0.2, 0) is 20.6 Å². The first-order chi connectivity index (χ1) is 9.81. The first-order valence-electron chi connectivity index (χ1n) is 6.00. The van der Waals surface area contributed by atoms with Crippen molar-refractivity contribution in [1.29, 1.82) is 0 Å². The Morgan fingerprint density at radius 2 is 2.10 bits per heavy atom. The average molecular weight is 356 g/mol. The van der Waals surface area contributed by atoms with Crippen LogP contribution in [0, 0.1) is 0 Å². The van der Waals surface area contributed by atoms with Crippen molar-refractivity contribution in [2.75, 3.05) is 7.05 Å². The van der Waals surface area contributed by atoms with Gasteiger partial charge in [-0.2, -0.15) is 10.2 Å². The molecule has 0 aliphatic carbocycles. The summed E-state index contributed by atoms with van der Waals surface area (Å²) in [5.41, 5.74) is 0.614. The van der Waals surface area contributed by atoms with E-state index in [-0.39, 0.29) is 17.8 Å². The largest absolute Gasteiger partial charge is 0.478 e. The highest BCUT2D eigenvalue weighted by atomic mass is 79.9. The topological polar surface area (TPSA) is 93.3 Å². The second-order valence-electron chi connectivity index (χ2n) is 4.59. The maximum atomic E-state index is 12.4. The summed E-state index contributed by atoms with van der Waals surface area (Å²) in [6.07, 6.45) is 2.94. The molecule has 0 aliphatic heterocycles. The van der Waals surface area contributed by atoms with E-state index < -0.39 is 11.9 Å². The van der Waals surface area contributed by atoms with Gasteiger partial charge in [-0.1, -0.05) is 0 Å². The van der Waals surface area contributed by atoms with Gasteiger partial charge in [-0.25, -0.2) is 4.79 Å². The van der Waals surface area contributed by atoms with Gasteiger partial charge < -0.3 is 10.0 Å². The molecule has 2 rings (SSSR count). The zero-order valence-corrected chi connectivity index (χ0v) is 13.3. The van der Waals surface area contributed by atoms with E-state index in [9.17, 15) is 9.59 Å². The Bertz CT molecular complexity index is 686. The molecule has 0 aliphatic rings. The van der Waals surface area contributed by atoms with Crippen molar-refractivity contribution in [3.05, 3.63) is 33.8 Å². The molecule has 0 saturated carbocycles. The van der Waals surface area contributed by atoms with Gasteiger partial charge in [0.05, 0.1) is 22.9 Å². The Morgan fingerprint density at radius 3 is 2.62 bits per heavy atom. The number of hydrogen-bond acceptors (Lipinski definition) is 4. The minimum Gasteiger partial charge on any atom is -0.478 e. The van der Waals surface area contributed by atoms with Gasteiger partial charge in [-0.15, -0.1) is 0 Å². The molecule has 2 aromatic heterocycles. The number of nitrogens with zero attached hydrogens (tertiary/aromatic N) is 5. The molecule has 0 fully saturated rings. The molecule has 112 valence electrons. The highest BCUT2D eigenvalue weighted by molar-refractivity contribution is 9.10. The number of aryl methyl sites for hydroxylation is 2. The number of carboxylic acids is 1. The number of aromatic carboxylic acids is 1. The molecule has 9 heteroatoms. The molecule has 0 atom stereocenters. The molecule has 0 radical (unpaired) electrons. The van der Waals surface area contributed by atoms with Crippen LogP contribution in [-0.4, -0.2) is 48.5 Å². The number of carbonyl (C=O) groups excluding carboxylic acids is 1. The molecule has 2 heterocycles. The highest BCUT2D eigenvalue weighted by Gasteiger charge is 2.24. The van der Waals surface area contributed by atoms with E-state index in [1.807, 2.05) is 0 Å². The van der Waals surface area contributed by atoms with Crippen molar-refractivity contribution in [2.24, 2.45) is 14.1 Å². The third-order valence-corrected chi connectivity index (χ3v) is 3.67. The fourth-order valence-electron chi connectivity index (χ4n) is 1.89. The average Bonchev–Trinajstić information content (AvgIpc) is 2.95. The van der Waals surface area contributed by atoms with Crippen molar-refractivity contribution in [2.45, 2.75) is 6.54 Å². The summed E-state index contributed by atoms with van der Waals surface area (Å²) in [6, 6.07) is 0. The predicted octanol–water partition coefficient (Wildman–Crippen LogP) is 0.887. The minimum atomic E-state index is -1.18. The van der Waals surface area contributed by atoms with Crippen molar-refractivity contribution in [1.82, 2.24) is 24.5 Å². The molecule has 0 spiro atoms. The summed E-state index contributed by atoms with van der Waals surface area (Å²) >= 11 is 3.36. The van der Waals surface area contributed by atoms with E-state index in [0.717, 1.165) is 10.2 Å². The zero-order chi connectivity index (χ0) is 15.7. The van der Waals surface area contributed by atoms with Crippen LogP contribution in [0.4, 0.5) is 0 Å². The molecule has 2 aromatic rings. The Kier molecular flexibility index (Phi) is 4.12. The number of carbonyl (C=O) groups is 2. The van der Waals surface area contributed by atoms with Crippen molar-refractivity contribution >= 4 is 27.8 Å². The van der Waals surface area contributed by atoms with Crippen LogP contribution >= 0.6 is 15.9 Å². The molecular weight excluding hydrogens is 342 g/mol. The van der Waals surface area contributed by atoms with Gasteiger partial charge in [0.15, 0.2) is 5.69 Å². The summed E-state index contributed by atoms with van der Waals surface area (Å²) < 4.78 is 3.73. The maximum Gasteiger partial charge on any atom is 0.339 e. The third kappa shape index (κ3) is 2.97. The number of halogens is 1. The van der Waals surface area contributed by atoms with E-state index in [4.69, 9.17) is 5.11 Å². The highest BCUT2D eigenvalue weighted by Crippen LogP contribution is 2.18. The summed E-state index contributed by atoms with van der Waals surface area (Å²) in [5.74, 6) is -1.64. The van der Waals surface area contributed by atoms with Gasteiger partial charge in [0.25, 0.3) is 5.91 Å². The first kappa shape index (κ1) is 15.2. The Labute approximate surface area is 129 Å². The van der Waals surface area contributed by atoms with Crippen LogP contribution in [0.15, 0.2) is 16.9 Å². The fourth-order valence-corrected chi connectivity index (χ4v) is 2.37. The van der Waals surface area contributed by atoms with Crippen LogP contribution in [0.5, 0.6) is 0 Å². The number of rotatable bonds is 4. The Hall–Kier alpha value is -2.16. The Balaban J connectivity index is 2.26. The first-order valence-corrected chi connectivity index (χ1v) is 6.79. The predicted molar refractivity (Wildman–Crippen MR) is 76.9 cm³/mol. The molecule has 0 unspecified atom stereocenters. The number of amides is 1. The normalized spacial score (nSPS) is 10.7. The van der Waals surface area contributed by atoms with E-state index >= 15 is 0 Å². The molecular formula is C12H14BrN5O3. The summed E-state index contributed by atoms with van der Waals surface area (Å²) in [6.45, 7) is 0.283. The fraction of sp³-hybridized carbons (Fsp3) is 0.333. The summed E-state index contributed by atoms with van der Waals surface area (Å²) in [4.78, 5) is 24.9. The molecule has 8 nitrogen and oxygen atoms in total. The third-order valence-electron chi connectivity index (χ3n) is 3.01. The van der Waals surface area contributed by atoms with Crippen molar-refractivity contribution < 1.29 is 14.7 Å². The second-order valence-corrected chi connectivity index (χ2v) is 5.45. The number of aromatic nitrogens is 4. The molecule has 0 saturated heterocycles. The lowest BCUT2D eigenvalue weighted by Gasteiger charge is -2.16. The monoisotopic (exact) mass is 355 g/mol. The molecule has 0 bridgehead atoms. The molecule has 1 amide bonds. The maximum absolute atomic E-state index is 12.4. The summed E-state index contributed by atoms with van der Waals surface area (Å²) in [7, 11) is 4.92. The van der Waals surface area contributed by atoms with E-state index in [1.165, 1.54) is 15.8 Å². The van der Waals surface area contributed by atoms with Gasteiger partial charge in [0, 0.05) is 27.3 Å². The second kappa shape index (κ2) is 5.68. The van der Waals surface area contributed by atoms with Crippen molar-refractivity contribution in [3.8, 4) is 0 Å². The SMILES string of the molecule is CN(Cc1c(Br)cnn1C)C(=O)c1nn(C)cc1C(=O)O. The summed E-state index contributed by atoms with van der Waals surface area (Å²) in [5, 5.41) is 17.1. The van der Waals surface area contributed by atoms with E-state index in [2.05, 4.69) is 26.1 Å². The smallest absolute Gasteiger partial charge is 0.339 e. The molecule has 1 N–H and O–H groups in total. The Morgan fingerprint density at radius 1 is 1.43 bits per heavy atom. The number of hydrogen-bond donors (Lipinski definition) is 1. The van der Waals surface area contributed by atoms with E-state index in [1.54, 1.807) is 32.0 Å². The van der Waals surface area contributed by atoms with Crippen LogP contribution in [0.25, 0.3) is 0 Å². The van der Waals surface area contributed by atoms with Gasteiger partial charge >= 0.3 is 5.97 Å². The van der Waals surface area contributed by atoms with Crippen LogP contribution < -0.4 is 0 Å². The van der Waals surface area contributed by atoms with Gasteiger partial charge in [0.2, 0.25) is 0 Å².